The topological polar surface area (TPSA) is 0 Å². The molecule has 0 radical (unpaired) electrons. The minimum absolute atomic E-state index is 0.635. The first-order valence-electron chi connectivity index (χ1n) is 7.95. The fourth-order valence-corrected chi connectivity index (χ4v) is 5.76. The van der Waals surface area contributed by atoms with E-state index in [1.165, 1.54) is 32.1 Å². The SMILES string of the molecule is CCCC1(C)CCC2C3C(C(C)CC1C)C23C. The summed E-state index contributed by atoms with van der Waals surface area (Å²) in [5.74, 6) is 5.30. The molecule has 7 atom stereocenters. The molecule has 0 nitrogen and oxygen atoms in total. The second kappa shape index (κ2) is 3.52. The van der Waals surface area contributed by atoms with Gasteiger partial charge in [0, 0.05) is 0 Å². The Balaban J connectivity index is 1.77. The molecule has 0 aromatic rings. The Bertz CT molecular complexity index is 320. The van der Waals surface area contributed by atoms with Crippen LogP contribution in [0.4, 0.5) is 0 Å². The van der Waals surface area contributed by atoms with Gasteiger partial charge in [0.05, 0.1) is 0 Å². The van der Waals surface area contributed by atoms with Gasteiger partial charge in [-0.15, -0.1) is 0 Å². The van der Waals surface area contributed by atoms with Crippen molar-refractivity contribution in [2.75, 3.05) is 0 Å². The zero-order valence-corrected chi connectivity index (χ0v) is 12.4. The van der Waals surface area contributed by atoms with Gasteiger partial charge in [-0.25, -0.2) is 0 Å². The lowest BCUT2D eigenvalue weighted by atomic mass is 9.69. The van der Waals surface area contributed by atoms with Crippen molar-refractivity contribution < 1.29 is 0 Å². The average Bonchev–Trinajstić information content (AvgIpc) is 3.03. The third kappa shape index (κ3) is 1.48. The zero-order chi connectivity index (χ0) is 12.4. The molecule has 0 aliphatic heterocycles. The van der Waals surface area contributed by atoms with Crippen molar-refractivity contribution in [1.82, 2.24) is 0 Å². The number of hydrogen-bond donors (Lipinski definition) is 0. The molecule has 0 aromatic carbocycles. The van der Waals surface area contributed by atoms with E-state index in [0.29, 0.717) is 5.41 Å². The molecule has 0 N–H and O–H groups in total. The summed E-state index contributed by atoms with van der Waals surface area (Å²) in [5, 5.41) is 0. The van der Waals surface area contributed by atoms with Crippen LogP contribution in [-0.4, -0.2) is 0 Å². The van der Waals surface area contributed by atoms with Gasteiger partial charge in [0.15, 0.2) is 0 Å². The standard InChI is InChI=1S/C17H30/c1-6-8-16(4)9-7-13-15-14(17(13,15)5)11(2)10-12(16)3/h11-15H,6-10H2,1-5H3. The molecular formula is C17H30. The largest absolute Gasteiger partial charge is 0.0654 e. The lowest BCUT2D eigenvalue weighted by Gasteiger charge is -2.36. The second-order valence-electron chi connectivity index (χ2n) is 8.08. The highest BCUT2D eigenvalue weighted by Gasteiger charge is 2.83. The molecule has 2 bridgehead atoms. The van der Waals surface area contributed by atoms with E-state index in [1.54, 1.807) is 0 Å². The summed E-state index contributed by atoms with van der Waals surface area (Å²) in [6.45, 7) is 12.6. The van der Waals surface area contributed by atoms with E-state index in [2.05, 4.69) is 34.6 Å². The Hall–Kier alpha value is 0. The highest BCUT2D eigenvalue weighted by Crippen LogP contribution is 2.87. The molecule has 0 aromatic heterocycles. The van der Waals surface area contributed by atoms with E-state index in [9.17, 15) is 0 Å². The van der Waals surface area contributed by atoms with Gasteiger partial charge in [-0.1, -0.05) is 41.0 Å². The summed E-state index contributed by atoms with van der Waals surface area (Å²) in [7, 11) is 0. The monoisotopic (exact) mass is 234 g/mol. The van der Waals surface area contributed by atoms with Gasteiger partial charge in [-0.05, 0) is 66.1 Å². The molecule has 4 aliphatic carbocycles. The maximum absolute atomic E-state index is 2.58. The molecule has 98 valence electrons. The van der Waals surface area contributed by atoms with Crippen LogP contribution in [0.2, 0.25) is 0 Å². The van der Waals surface area contributed by atoms with E-state index in [4.69, 9.17) is 0 Å². The molecule has 4 saturated carbocycles. The minimum Gasteiger partial charge on any atom is -0.0654 e. The normalized spacial score (nSPS) is 60.9. The maximum Gasteiger partial charge on any atom is -0.0227 e. The molecule has 4 aliphatic rings. The average molecular weight is 234 g/mol. The van der Waals surface area contributed by atoms with Gasteiger partial charge in [0.1, 0.15) is 0 Å². The Morgan fingerprint density at radius 2 is 1.76 bits per heavy atom. The van der Waals surface area contributed by atoms with Crippen LogP contribution in [0.15, 0.2) is 0 Å². The number of fused-ring (bicyclic) bond motifs is 5. The van der Waals surface area contributed by atoms with Crippen LogP contribution >= 0.6 is 0 Å². The van der Waals surface area contributed by atoms with E-state index in [1.807, 2.05) is 0 Å². The molecule has 0 amide bonds. The van der Waals surface area contributed by atoms with Crippen LogP contribution in [0.1, 0.15) is 66.7 Å². The number of rotatable bonds is 2. The van der Waals surface area contributed by atoms with Crippen molar-refractivity contribution in [3.05, 3.63) is 0 Å². The van der Waals surface area contributed by atoms with Crippen molar-refractivity contribution in [3.63, 3.8) is 0 Å². The molecule has 0 spiro atoms. The Labute approximate surface area is 108 Å². The first kappa shape index (κ1) is 12.1. The van der Waals surface area contributed by atoms with Gasteiger partial charge >= 0.3 is 0 Å². The Morgan fingerprint density at radius 1 is 1.12 bits per heavy atom. The highest BCUT2D eigenvalue weighted by molar-refractivity contribution is 5.30. The lowest BCUT2D eigenvalue weighted by Crippen LogP contribution is -2.26. The molecular weight excluding hydrogens is 204 g/mol. The first-order chi connectivity index (χ1) is 7.95. The van der Waals surface area contributed by atoms with Crippen molar-refractivity contribution in [3.8, 4) is 0 Å². The number of hydrogen-bond acceptors (Lipinski definition) is 0. The van der Waals surface area contributed by atoms with Crippen LogP contribution in [0.3, 0.4) is 0 Å². The first-order valence-corrected chi connectivity index (χ1v) is 7.95. The summed E-state index contributed by atoms with van der Waals surface area (Å²) < 4.78 is 0. The smallest absolute Gasteiger partial charge is 0.0227 e. The zero-order valence-electron chi connectivity index (χ0n) is 12.4. The van der Waals surface area contributed by atoms with E-state index >= 15 is 0 Å². The predicted octanol–water partition coefficient (Wildman–Crippen LogP) is 5.13. The highest BCUT2D eigenvalue weighted by atomic mass is 14.9. The van der Waals surface area contributed by atoms with Gasteiger partial charge in [-0.2, -0.15) is 0 Å². The summed E-state index contributed by atoms with van der Waals surface area (Å²) in [6.07, 6.45) is 7.33. The fourth-order valence-electron chi connectivity index (χ4n) is 5.76. The van der Waals surface area contributed by atoms with Crippen molar-refractivity contribution in [2.45, 2.75) is 66.7 Å². The van der Waals surface area contributed by atoms with Gasteiger partial charge in [-0.3, -0.25) is 0 Å². The van der Waals surface area contributed by atoms with Crippen LogP contribution in [0.5, 0.6) is 0 Å². The van der Waals surface area contributed by atoms with Gasteiger partial charge in [0.25, 0.3) is 0 Å². The molecule has 7 unspecified atom stereocenters. The summed E-state index contributed by atoms with van der Waals surface area (Å²) in [5.41, 5.74) is 1.45. The van der Waals surface area contributed by atoms with Gasteiger partial charge < -0.3 is 0 Å². The van der Waals surface area contributed by atoms with Crippen LogP contribution in [0.25, 0.3) is 0 Å². The quantitative estimate of drug-likeness (QED) is 0.621. The van der Waals surface area contributed by atoms with E-state index in [-0.39, 0.29) is 0 Å². The van der Waals surface area contributed by atoms with Crippen LogP contribution in [0, 0.1) is 40.4 Å². The second-order valence-corrected chi connectivity index (χ2v) is 8.08. The Morgan fingerprint density at radius 3 is 2.35 bits per heavy atom. The molecule has 0 heteroatoms. The lowest BCUT2D eigenvalue weighted by molar-refractivity contribution is 0.140. The third-order valence-corrected chi connectivity index (χ3v) is 7.21. The third-order valence-electron chi connectivity index (χ3n) is 7.21. The van der Waals surface area contributed by atoms with Crippen molar-refractivity contribution >= 4 is 0 Å². The van der Waals surface area contributed by atoms with E-state index in [0.717, 1.165) is 35.0 Å². The van der Waals surface area contributed by atoms with Crippen LogP contribution < -0.4 is 0 Å². The fraction of sp³-hybridized carbons (Fsp3) is 1.00. The van der Waals surface area contributed by atoms with Gasteiger partial charge in [0.2, 0.25) is 0 Å². The minimum atomic E-state index is 0.635. The maximum atomic E-state index is 2.58. The Kier molecular flexibility index (Phi) is 2.49. The van der Waals surface area contributed by atoms with Crippen molar-refractivity contribution in [1.29, 1.82) is 0 Å². The summed E-state index contributed by atoms with van der Waals surface area (Å²) in [6, 6.07) is 0. The molecule has 4 fully saturated rings. The molecule has 17 heavy (non-hydrogen) atoms. The van der Waals surface area contributed by atoms with Crippen molar-refractivity contribution in [2.24, 2.45) is 40.4 Å². The summed E-state index contributed by atoms with van der Waals surface area (Å²) in [4.78, 5) is 0. The predicted molar refractivity (Wildman–Crippen MR) is 73.8 cm³/mol. The molecule has 0 heterocycles. The van der Waals surface area contributed by atoms with Crippen LogP contribution in [-0.2, 0) is 0 Å². The summed E-state index contributed by atoms with van der Waals surface area (Å²) >= 11 is 0. The van der Waals surface area contributed by atoms with E-state index < -0.39 is 0 Å². The molecule has 0 saturated heterocycles. The molecule has 4 rings (SSSR count).